The summed E-state index contributed by atoms with van der Waals surface area (Å²) in [6, 6.07) is 3.65. The maximum Gasteiger partial charge on any atom is 0.222 e. The molecule has 2 atom stereocenters. The molecule has 1 unspecified atom stereocenters. The van der Waals surface area contributed by atoms with Crippen molar-refractivity contribution in [3.63, 3.8) is 0 Å². The minimum absolute atomic E-state index is 0.112. The number of nitrogens with two attached hydrogens (primary N) is 1. The largest absolute Gasteiger partial charge is 0.389 e. The van der Waals surface area contributed by atoms with E-state index in [0.29, 0.717) is 6.54 Å². The number of hydrogen-bond acceptors (Lipinski definition) is 4. The number of carbonyl (C=O) groups is 1. The Morgan fingerprint density at radius 2 is 2.47 bits per heavy atom. The van der Waals surface area contributed by atoms with Crippen LogP contribution in [0.2, 0.25) is 0 Å². The number of rotatable bonds is 3. The molecular formula is C12H17N3O2. The predicted molar refractivity (Wildman–Crippen MR) is 64.4 cm³/mol. The number of aliphatic hydroxyl groups excluding tert-OH is 1. The molecule has 0 aromatic carbocycles. The van der Waals surface area contributed by atoms with Gasteiger partial charge in [-0.1, -0.05) is 6.07 Å². The summed E-state index contributed by atoms with van der Waals surface area (Å²) >= 11 is 0. The highest BCUT2D eigenvalue weighted by atomic mass is 16.3. The van der Waals surface area contributed by atoms with Crippen LogP contribution < -0.4 is 10.6 Å². The van der Waals surface area contributed by atoms with E-state index in [4.69, 9.17) is 5.73 Å². The Labute approximate surface area is 100 Å². The van der Waals surface area contributed by atoms with Gasteiger partial charge < -0.3 is 15.7 Å². The SMILES string of the molecule is C[C@@H](O)c1cccnc1N1CCC(C(N)=O)C1. The lowest BCUT2D eigenvalue weighted by atomic mass is 10.1. The van der Waals surface area contributed by atoms with E-state index in [2.05, 4.69) is 4.98 Å². The summed E-state index contributed by atoms with van der Waals surface area (Å²) in [4.78, 5) is 17.4. The van der Waals surface area contributed by atoms with Gasteiger partial charge in [0.25, 0.3) is 0 Å². The van der Waals surface area contributed by atoms with Crippen molar-refractivity contribution >= 4 is 11.7 Å². The summed E-state index contributed by atoms with van der Waals surface area (Å²) in [5, 5.41) is 9.68. The number of anilines is 1. The Morgan fingerprint density at radius 1 is 1.71 bits per heavy atom. The van der Waals surface area contributed by atoms with Crippen molar-refractivity contribution < 1.29 is 9.90 Å². The smallest absolute Gasteiger partial charge is 0.222 e. The van der Waals surface area contributed by atoms with Gasteiger partial charge in [-0.05, 0) is 19.4 Å². The molecule has 1 aromatic heterocycles. The molecule has 1 aliphatic heterocycles. The van der Waals surface area contributed by atoms with Crippen molar-refractivity contribution in [2.75, 3.05) is 18.0 Å². The quantitative estimate of drug-likeness (QED) is 0.797. The number of aromatic nitrogens is 1. The minimum atomic E-state index is -0.564. The van der Waals surface area contributed by atoms with Crippen LogP contribution in [0.1, 0.15) is 25.0 Å². The normalized spacial score (nSPS) is 21.5. The van der Waals surface area contributed by atoms with Gasteiger partial charge in [0, 0.05) is 24.8 Å². The van der Waals surface area contributed by atoms with E-state index in [-0.39, 0.29) is 11.8 Å². The van der Waals surface area contributed by atoms with Crippen molar-refractivity contribution in [3.8, 4) is 0 Å². The summed E-state index contributed by atoms with van der Waals surface area (Å²) in [7, 11) is 0. The third-order valence-electron chi connectivity index (χ3n) is 3.16. The fourth-order valence-corrected chi connectivity index (χ4v) is 2.18. The second-order valence-electron chi connectivity index (χ2n) is 4.43. The molecular weight excluding hydrogens is 218 g/mol. The second kappa shape index (κ2) is 4.71. The van der Waals surface area contributed by atoms with Gasteiger partial charge in [-0.15, -0.1) is 0 Å². The van der Waals surface area contributed by atoms with Crippen molar-refractivity contribution in [2.24, 2.45) is 11.7 Å². The molecule has 1 aliphatic rings. The molecule has 0 spiro atoms. The lowest BCUT2D eigenvalue weighted by Gasteiger charge is -2.21. The molecule has 0 aliphatic carbocycles. The van der Waals surface area contributed by atoms with Crippen LogP contribution in [0.25, 0.3) is 0 Å². The van der Waals surface area contributed by atoms with E-state index >= 15 is 0 Å². The summed E-state index contributed by atoms with van der Waals surface area (Å²) in [6.45, 7) is 3.05. The standard InChI is InChI=1S/C12H17N3O2/c1-8(16)10-3-2-5-14-12(10)15-6-4-9(7-15)11(13)17/h2-3,5,8-9,16H,4,6-7H2,1H3,(H2,13,17)/t8-,9?/m1/s1. The maximum absolute atomic E-state index is 11.1. The number of hydrogen-bond donors (Lipinski definition) is 2. The lowest BCUT2D eigenvalue weighted by molar-refractivity contribution is -0.121. The summed E-state index contributed by atoms with van der Waals surface area (Å²) < 4.78 is 0. The number of primary amides is 1. The molecule has 0 radical (unpaired) electrons. The van der Waals surface area contributed by atoms with Gasteiger partial charge in [-0.25, -0.2) is 4.98 Å². The molecule has 0 saturated carbocycles. The van der Waals surface area contributed by atoms with E-state index < -0.39 is 6.10 Å². The van der Waals surface area contributed by atoms with E-state index in [1.807, 2.05) is 11.0 Å². The Balaban J connectivity index is 2.21. The van der Waals surface area contributed by atoms with E-state index in [9.17, 15) is 9.90 Å². The maximum atomic E-state index is 11.1. The topological polar surface area (TPSA) is 79.5 Å². The first-order valence-electron chi connectivity index (χ1n) is 5.77. The second-order valence-corrected chi connectivity index (χ2v) is 4.43. The van der Waals surface area contributed by atoms with Crippen molar-refractivity contribution in [1.82, 2.24) is 4.98 Å². The third-order valence-corrected chi connectivity index (χ3v) is 3.16. The molecule has 5 heteroatoms. The first-order valence-corrected chi connectivity index (χ1v) is 5.77. The van der Waals surface area contributed by atoms with Crippen molar-refractivity contribution in [3.05, 3.63) is 23.9 Å². The molecule has 1 fully saturated rings. The summed E-state index contributed by atoms with van der Waals surface area (Å²) in [5.74, 6) is 0.382. The molecule has 1 aromatic rings. The third kappa shape index (κ3) is 2.39. The molecule has 17 heavy (non-hydrogen) atoms. The van der Waals surface area contributed by atoms with Crippen LogP contribution in [0, 0.1) is 5.92 Å². The van der Waals surface area contributed by atoms with E-state index in [1.165, 1.54) is 0 Å². The van der Waals surface area contributed by atoms with Gasteiger partial charge in [0.1, 0.15) is 5.82 Å². The zero-order valence-corrected chi connectivity index (χ0v) is 9.84. The highest BCUT2D eigenvalue weighted by molar-refractivity contribution is 5.78. The molecule has 0 bridgehead atoms. The van der Waals surface area contributed by atoms with Gasteiger partial charge in [0.2, 0.25) is 5.91 Å². The molecule has 1 saturated heterocycles. The number of aliphatic hydroxyl groups is 1. The number of amides is 1. The molecule has 92 valence electrons. The van der Waals surface area contributed by atoms with Crippen molar-refractivity contribution in [2.45, 2.75) is 19.4 Å². The Kier molecular flexibility index (Phi) is 3.28. The number of pyridine rings is 1. The molecule has 2 rings (SSSR count). The van der Waals surface area contributed by atoms with Gasteiger partial charge in [0.05, 0.1) is 12.0 Å². The van der Waals surface area contributed by atoms with Crippen LogP contribution >= 0.6 is 0 Å². The molecule has 3 N–H and O–H groups in total. The Morgan fingerprint density at radius 3 is 3.06 bits per heavy atom. The number of nitrogens with zero attached hydrogens (tertiary/aromatic N) is 2. The average molecular weight is 235 g/mol. The Bertz CT molecular complexity index is 420. The van der Waals surface area contributed by atoms with Crippen LogP contribution in [-0.2, 0) is 4.79 Å². The van der Waals surface area contributed by atoms with Gasteiger partial charge in [0.15, 0.2) is 0 Å². The van der Waals surface area contributed by atoms with Crippen LogP contribution in [0.15, 0.2) is 18.3 Å². The van der Waals surface area contributed by atoms with E-state index in [1.54, 1.807) is 19.2 Å². The minimum Gasteiger partial charge on any atom is -0.389 e. The zero-order chi connectivity index (χ0) is 12.4. The fraction of sp³-hybridized carbons (Fsp3) is 0.500. The molecule has 5 nitrogen and oxygen atoms in total. The zero-order valence-electron chi connectivity index (χ0n) is 9.84. The first kappa shape index (κ1) is 11.9. The van der Waals surface area contributed by atoms with Crippen LogP contribution in [0.3, 0.4) is 0 Å². The van der Waals surface area contributed by atoms with Crippen LogP contribution in [-0.4, -0.2) is 29.1 Å². The fourth-order valence-electron chi connectivity index (χ4n) is 2.18. The van der Waals surface area contributed by atoms with Crippen LogP contribution in [0.4, 0.5) is 5.82 Å². The molecule has 2 heterocycles. The average Bonchev–Trinajstić information content (AvgIpc) is 2.78. The van der Waals surface area contributed by atoms with Gasteiger partial charge in [-0.3, -0.25) is 4.79 Å². The lowest BCUT2D eigenvalue weighted by Crippen LogP contribution is -2.28. The Hall–Kier alpha value is -1.62. The predicted octanol–water partition coefficient (Wildman–Crippen LogP) is 0.447. The van der Waals surface area contributed by atoms with E-state index in [0.717, 1.165) is 24.3 Å². The monoisotopic (exact) mass is 235 g/mol. The molecule has 1 amide bonds. The van der Waals surface area contributed by atoms with Crippen LogP contribution in [0.5, 0.6) is 0 Å². The van der Waals surface area contributed by atoms with Crippen molar-refractivity contribution in [1.29, 1.82) is 0 Å². The highest BCUT2D eigenvalue weighted by Gasteiger charge is 2.28. The number of carbonyl (C=O) groups excluding carboxylic acids is 1. The summed E-state index contributed by atoms with van der Waals surface area (Å²) in [5.41, 5.74) is 6.09. The summed E-state index contributed by atoms with van der Waals surface area (Å²) in [6.07, 6.45) is 1.88. The van der Waals surface area contributed by atoms with Gasteiger partial charge in [-0.2, -0.15) is 0 Å². The highest BCUT2D eigenvalue weighted by Crippen LogP contribution is 2.28. The first-order chi connectivity index (χ1) is 8.09. The van der Waals surface area contributed by atoms with Gasteiger partial charge >= 0.3 is 0 Å².